The molecule has 0 unspecified atom stereocenters. The molecule has 2 N–H and O–H groups in total. The fraction of sp³-hybridized carbons (Fsp3) is 0.333. The van der Waals surface area contributed by atoms with Crippen LogP contribution in [0.2, 0.25) is 0 Å². The maximum absolute atomic E-state index is 9.38. The highest BCUT2D eigenvalue weighted by molar-refractivity contribution is 5.32. The molecule has 1 saturated carbocycles. The number of benzene rings is 2. The lowest BCUT2D eigenvalue weighted by molar-refractivity contribution is -0.137. The van der Waals surface area contributed by atoms with Gasteiger partial charge in [0.1, 0.15) is 23.0 Å². The van der Waals surface area contributed by atoms with Gasteiger partial charge in [-0.05, 0) is 61.4 Å². The summed E-state index contributed by atoms with van der Waals surface area (Å²) >= 11 is 0. The summed E-state index contributed by atoms with van der Waals surface area (Å²) in [5.41, 5.74) is 0. The molecule has 1 fully saturated rings. The van der Waals surface area contributed by atoms with Crippen LogP contribution in [0.1, 0.15) is 32.1 Å². The number of aromatic hydroxyl groups is 2. The van der Waals surface area contributed by atoms with Crippen molar-refractivity contribution in [1.29, 1.82) is 0 Å². The molecule has 2 aromatic carbocycles. The van der Waals surface area contributed by atoms with Gasteiger partial charge < -0.3 is 19.7 Å². The zero-order valence-corrected chi connectivity index (χ0v) is 12.4. The molecule has 2 aromatic rings. The summed E-state index contributed by atoms with van der Waals surface area (Å²) in [6.07, 6.45) is 4.91. The minimum Gasteiger partial charge on any atom is -0.508 e. The van der Waals surface area contributed by atoms with E-state index in [-0.39, 0.29) is 11.5 Å². The Hall–Kier alpha value is -2.36. The molecule has 3 rings (SSSR count). The molecule has 0 amide bonds. The first kappa shape index (κ1) is 14.6. The van der Waals surface area contributed by atoms with Crippen molar-refractivity contribution in [2.45, 2.75) is 37.9 Å². The Labute approximate surface area is 129 Å². The summed E-state index contributed by atoms with van der Waals surface area (Å²) in [6, 6.07) is 13.4. The van der Waals surface area contributed by atoms with Gasteiger partial charge in [-0.2, -0.15) is 0 Å². The second kappa shape index (κ2) is 6.18. The predicted molar refractivity (Wildman–Crippen MR) is 83.3 cm³/mol. The average molecular weight is 300 g/mol. The van der Waals surface area contributed by atoms with Gasteiger partial charge in [-0.25, -0.2) is 0 Å². The number of phenolic OH excluding ortho intramolecular Hbond substituents is 2. The number of hydrogen-bond donors (Lipinski definition) is 2. The second-order valence-corrected chi connectivity index (χ2v) is 5.66. The second-order valence-electron chi connectivity index (χ2n) is 5.66. The lowest BCUT2D eigenvalue weighted by Crippen LogP contribution is -2.44. The zero-order valence-electron chi connectivity index (χ0n) is 12.4. The Morgan fingerprint density at radius 2 is 1.05 bits per heavy atom. The van der Waals surface area contributed by atoms with Gasteiger partial charge in [-0.1, -0.05) is 6.42 Å². The van der Waals surface area contributed by atoms with Crippen molar-refractivity contribution in [1.82, 2.24) is 0 Å². The van der Waals surface area contributed by atoms with Crippen LogP contribution in [0, 0.1) is 0 Å². The van der Waals surface area contributed by atoms with Crippen molar-refractivity contribution < 1.29 is 19.7 Å². The third kappa shape index (κ3) is 3.45. The van der Waals surface area contributed by atoms with Crippen molar-refractivity contribution in [2.75, 3.05) is 0 Å². The topological polar surface area (TPSA) is 58.9 Å². The number of phenols is 2. The van der Waals surface area contributed by atoms with E-state index in [1.165, 1.54) is 6.42 Å². The summed E-state index contributed by atoms with van der Waals surface area (Å²) in [6.45, 7) is 0. The van der Waals surface area contributed by atoms with Gasteiger partial charge >= 0.3 is 0 Å². The minimum absolute atomic E-state index is 0.212. The van der Waals surface area contributed by atoms with Gasteiger partial charge in [-0.15, -0.1) is 0 Å². The average Bonchev–Trinajstić information content (AvgIpc) is 2.53. The van der Waals surface area contributed by atoms with Gasteiger partial charge in [0.25, 0.3) is 5.79 Å². The van der Waals surface area contributed by atoms with Crippen LogP contribution < -0.4 is 9.47 Å². The molecular weight excluding hydrogens is 280 g/mol. The highest BCUT2D eigenvalue weighted by Crippen LogP contribution is 2.36. The maximum Gasteiger partial charge on any atom is 0.251 e. The van der Waals surface area contributed by atoms with E-state index >= 15 is 0 Å². The van der Waals surface area contributed by atoms with Gasteiger partial charge in [0.2, 0.25) is 0 Å². The Morgan fingerprint density at radius 3 is 1.45 bits per heavy atom. The first-order valence-electron chi connectivity index (χ1n) is 7.61. The fourth-order valence-corrected chi connectivity index (χ4v) is 2.77. The molecule has 0 saturated heterocycles. The molecule has 22 heavy (non-hydrogen) atoms. The van der Waals surface area contributed by atoms with E-state index in [1.54, 1.807) is 48.5 Å². The molecule has 0 aromatic heterocycles. The summed E-state index contributed by atoms with van der Waals surface area (Å²) in [5, 5.41) is 18.8. The number of ether oxygens (including phenoxy) is 2. The van der Waals surface area contributed by atoms with Crippen LogP contribution in [-0.4, -0.2) is 16.0 Å². The summed E-state index contributed by atoms with van der Waals surface area (Å²) in [5.74, 6) is 1.09. The first-order chi connectivity index (χ1) is 10.7. The Kier molecular flexibility index (Phi) is 4.09. The third-order valence-electron chi connectivity index (χ3n) is 3.90. The van der Waals surface area contributed by atoms with Crippen LogP contribution in [0.15, 0.2) is 48.5 Å². The van der Waals surface area contributed by atoms with Crippen molar-refractivity contribution in [2.24, 2.45) is 0 Å². The van der Waals surface area contributed by atoms with E-state index in [0.29, 0.717) is 11.5 Å². The molecule has 0 aliphatic heterocycles. The quantitative estimate of drug-likeness (QED) is 0.830. The van der Waals surface area contributed by atoms with Crippen LogP contribution in [0.4, 0.5) is 0 Å². The highest BCUT2D eigenvalue weighted by atomic mass is 16.7. The molecule has 1 aliphatic rings. The molecule has 0 bridgehead atoms. The predicted octanol–water partition coefficient (Wildman–Crippen LogP) is 4.22. The molecular formula is C18H20O4. The molecule has 116 valence electrons. The van der Waals surface area contributed by atoms with Gasteiger partial charge in [0.15, 0.2) is 0 Å². The highest BCUT2D eigenvalue weighted by Gasteiger charge is 2.36. The van der Waals surface area contributed by atoms with Crippen LogP contribution in [0.5, 0.6) is 23.0 Å². The van der Waals surface area contributed by atoms with Crippen LogP contribution in [-0.2, 0) is 0 Å². The summed E-state index contributed by atoms with van der Waals surface area (Å²) in [7, 11) is 0. The largest absolute Gasteiger partial charge is 0.508 e. The van der Waals surface area contributed by atoms with Gasteiger partial charge in [0.05, 0.1) is 0 Å². The third-order valence-corrected chi connectivity index (χ3v) is 3.90. The van der Waals surface area contributed by atoms with Crippen molar-refractivity contribution in [3.05, 3.63) is 48.5 Å². The van der Waals surface area contributed by atoms with Gasteiger partial charge in [-0.3, -0.25) is 0 Å². The SMILES string of the molecule is Oc1ccc(OC2(Oc3ccc(O)cc3)CCCCC2)cc1. The Bertz CT molecular complexity index is 548. The molecule has 4 heteroatoms. The van der Waals surface area contributed by atoms with E-state index in [0.717, 1.165) is 25.7 Å². The summed E-state index contributed by atoms with van der Waals surface area (Å²) < 4.78 is 12.3. The smallest absolute Gasteiger partial charge is 0.251 e. The molecule has 4 nitrogen and oxygen atoms in total. The standard InChI is InChI=1S/C18H20O4/c19-14-4-8-16(9-5-14)21-18(12-2-1-3-13-18)22-17-10-6-15(20)7-11-17/h4-11,19-20H,1-3,12-13H2. The van der Waals surface area contributed by atoms with E-state index in [2.05, 4.69) is 0 Å². The lowest BCUT2D eigenvalue weighted by Gasteiger charge is -2.37. The fourth-order valence-electron chi connectivity index (χ4n) is 2.77. The monoisotopic (exact) mass is 300 g/mol. The van der Waals surface area contributed by atoms with E-state index in [4.69, 9.17) is 9.47 Å². The lowest BCUT2D eigenvalue weighted by atomic mass is 9.94. The van der Waals surface area contributed by atoms with Crippen molar-refractivity contribution in [3.63, 3.8) is 0 Å². The van der Waals surface area contributed by atoms with Crippen molar-refractivity contribution >= 4 is 0 Å². The number of hydrogen-bond acceptors (Lipinski definition) is 4. The van der Waals surface area contributed by atoms with E-state index in [9.17, 15) is 10.2 Å². The normalized spacial score (nSPS) is 16.9. The summed E-state index contributed by atoms with van der Waals surface area (Å²) in [4.78, 5) is 0. The molecule has 0 radical (unpaired) electrons. The van der Waals surface area contributed by atoms with E-state index in [1.807, 2.05) is 0 Å². The Balaban J connectivity index is 1.80. The Morgan fingerprint density at radius 1 is 0.636 bits per heavy atom. The molecule has 1 aliphatic carbocycles. The molecule has 0 atom stereocenters. The maximum atomic E-state index is 9.38. The first-order valence-corrected chi connectivity index (χ1v) is 7.61. The van der Waals surface area contributed by atoms with Crippen molar-refractivity contribution in [3.8, 4) is 23.0 Å². The van der Waals surface area contributed by atoms with Crippen LogP contribution >= 0.6 is 0 Å². The van der Waals surface area contributed by atoms with Crippen LogP contribution in [0.25, 0.3) is 0 Å². The van der Waals surface area contributed by atoms with Gasteiger partial charge in [0, 0.05) is 12.8 Å². The van der Waals surface area contributed by atoms with E-state index < -0.39 is 5.79 Å². The minimum atomic E-state index is -0.688. The number of rotatable bonds is 4. The zero-order chi connectivity index (χ0) is 15.4. The molecule has 0 spiro atoms. The van der Waals surface area contributed by atoms with Crippen LogP contribution in [0.3, 0.4) is 0 Å². The molecule has 0 heterocycles.